The molecule has 0 aromatic carbocycles. The predicted molar refractivity (Wildman–Crippen MR) is 96.4 cm³/mol. The van der Waals surface area contributed by atoms with Gasteiger partial charge in [-0.3, -0.25) is 0 Å². The summed E-state index contributed by atoms with van der Waals surface area (Å²) >= 11 is 0. The van der Waals surface area contributed by atoms with E-state index in [1.807, 2.05) is 0 Å². The molecule has 0 radical (unpaired) electrons. The van der Waals surface area contributed by atoms with Gasteiger partial charge in [0.15, 0.2) is 0 Å². The number of aliphatic hydroxyl groups excluding tert-OH is 3. The molecule has 0 aliphatic heterocycles. The van der Waals surface area contributed by atoms with Crippen molar-refractivity contribution in [1.29, 1.82) is 0 Å². The third-order valence-electron chi connectivity index (χ3n) is 5.76. The molecule has 1 atom stereocenters. The van der Waals surface area contributed by atoms with E-state index >= 15 is 0 Å². The van der Waals surface area contributed by atoms with Crippen molar-refractivity contribution in [2.75, 3.05) is 19.8 Å². The summed E-state index contributed by atoms with van der Waals surface area (Å²) in [6.45, 7) is 5.20. The zero-order valence-electron chi connectivity index (χ0n) is 15.5. The van der Waals surface area contributed by atoms with Crippen molar-refractivity contribution in [1.82, 2.24) is 0 Å². The minimum atomic E-state index is 0.0594. The van der Waals surface area contributed by atoms with Crippen molar-refractivity contribution in [2.24, 2.45) is 16.7 Å². The molecule has 0 bridgehead atoms. The van der Waals surface area contributed by atoms with Crippen LogP contribution in [0, 0.1) is 16.7 Å². The van der Waals surface area contributed by atoms with Crippen LogP contribution in [0.1, 0.15) is 90.9 Å². The quantitative estimate of drug-likeness (QED) is 0.393. The molecule has 0 aromatic rings. The summed E-state index contributed by atoms with van der Waals surface area (Å²) < 4.78 is 0. The second-order valence-electron chi connectivity index (χ2n) is 8.73. The predicted octanol–water partition coefficient (Wildman–Crippen LogP) is 4.29. The van der Waals surface area contributed by atoms with Crippen LogP contribution in [0.15, 0.2) is 0 Å². The molecule has 138 valence electrons. The average Bonchev–Trinajstić information content (AvgIpc) is 3.32. The highest BCUT2D eigenvalue weighted by atomic mass is 16.3. The lowest BCUT2D eigenvalue weighted by atomic mass is 9.87. The second-order valence-corrected chi connectivity index (χ2v) is 8.73. The maximum atomic E-state index is 9.52. The van der Waals surface area contributed by atoms with Gasteiger partial charge in [-0.1, -0.05) is 52.4 Å². The highest BCUT2D eigenvalue weighted by molar-refractivity contribution is 4.91. The normalized spacial score (nSPS) is 18.1. The summed E-state index contributed by atoms with van der Waals surface area (Å²) in [5, 5.41) is 28.1. The Bertz CT molecular complexity index is 281. The van der Waals surface area contributed by atoms with Gasteiger partial charge in [0.05, 0.1) is 0 Å². The zero-order chi connectivity index (χ0) is 17.2. The van der Waals surface area contributed by atoms with Crippen LogP contribution in [0.2, 0.25) is 0 Å². The Hall–Kier alpha value is -0.120. The number of hydrogen-bond donors (Lipinski definition) is 3. The lowest BCUT2D eigenvalue weighted by Gasteiger charge is -2.21. The fraction of sp³-hybridized carbons (Fsp3) is 1.00. The van der Waals surface area contributed by atoms with E-state index in [2.05, 4.69) is 13.8 Å². The molecule has 3 N–H and O–H groups in total. The van der Waals surface area contributed by atoms with Crippen LogP contribution >= 0.6 is 0 Å². The molecule has 3 nitrogen and oxygen atoms in total. The molecule has 1 aliphatic carbocycles. The molecule has 0 aromatic heterocycles. The van der Waals surface area contributed by atoms with Gasteiger partial charge in [0, 0.05) is 19.8 Å². The SMILES string of the molecule is CC(C)(CO)CCCCCC(CO)CCCCCC1(CO)CC1. The van der Waals surface area contributed by atoms with Gasteiger partial charge < -0.3 is 15.3 Å². The zero-order valence-corrected chi connectivity index (χ0v) is 15.5. The topological polar surface area (TPSA) is 60.7 Å². The standard InChI is InChI=1S/C20H40O3/c1-19(2,16-22)11-7-3-5-9-18(15-21)10-6-4-8-12-20(17-23)13-14-20/h18,21-23H,3-17H2,1-2H3. The lowest BCUT2D eigenvalue weighted by Crippen LogP contribution is -2.16. The fourth-order valence-corrected chi connectivity index (χ4v) is 3.39. The van der Waals surface area contributed by atoms with Gasteiger partial charge in [-0.15, -0.1) is 0 Å². The van der Waals surface area contributed by atoms with E-state index in [0.717, 1.165) is 19.3 Å². The van der Waals surface area contributed by atoms with Gasteiger partial charge in [0.1, 0.15) is 0 Å². The van der Waals surface area contributed by atoms with Crippen molar-refractivity contribution in [3.63, 3.8) is 0 Å². The first-order valence-corrected chi connectivity index (χ1v) is 9.79. The molecule has 3 heteroatoms. The molecule has 0 saturated heterocycles. The Morgan fingerprint density at radius 2 is 1.48 bits per heavy atom. The highest BCUT2D eigenvalue weighted by Gasteiger charge is 2.40. The van der Waals surface area contributed by atoms with Crippen LogP contribution in [-0.2, 0) is 0 Å². The van der Waals surface area contributed by atoms with Crippen LogP contribution in [0.25, 0.3) is 0 Å². The van der Waals surface area contributed by atoms with Gasteiger partial charge in [-0.05, 0) is 55.3 Å². The Labute approximate surface area is 143 Å². The number of aliphatic hydroxyl groups is 3. The van der Waals surface area contributed by atoms with E-state index in [1.165, 1.54) is 57.8 Å². The van der Waals surface area contributed by atoms with Gasteiger partial charge in [-0.2, -0.15) is 0 Å². The number of unbranched alkanes of at least 4 members (excludes halogenated alkanes) is 4. The van der Waals surface area contributed by atoms with Gasteiger partial charge >= 0.3 is 0 Å². The maximum absolute atomic E-state index is 9.52. The number of hydrogen-bond acceptors (Lipinski definition) is 3. The Balaban J connectivity index is 1.97. The van der Waals surface area contributed by atoms with Crippen LogP contribution in [0.3, 0.4) is 0 Å². The second kappa shape index (κ2) is 10.7. The summed E-state index contributed by atoms with van der Waals surface area (Å²) in [5.41, 5.74) is 0.364. The largest absolute Gasteiger partial charge is 0.396 e. The fourth-order valence-electron chi connectivity index (χ4n) is 3.39. The maximum Gasteiger partial charge on any atom is 0.0487 e. The van der Waals surface area contributed by atoms with Gasteiger partial charge in [0.25, 0.3) is 0 Å². The third kappa shape index (κ3) is 9.07. The third-order valence-corrected chi connectivity index (χ3v) is 5.76. The van der Waals surface area contributed by atoms with Gasteiger partial charge in [0.2, 0.25) is 0 Å². The van der Waals surface area contributed by atoms with Crippen LogP contribution in [0.4, 0.5) is 0 Å². The van der Waals surface area contributed by atoms with Gasteiger partial charge in [-0.25, -0.2) is 0 Å². The minimum Gasteiger partial charge on any atom is -0.396 e. The van der Waals surface area contributed by atoms with Crippen LogP contribution in [0.5, 0.6) is 0 Å². The van der Waals surface area contributed by atoms with Crippen molar-refractivity contribution in [3.8, 4) is 0 Å². The molecule has 23 heavy (non-hydrogen) atoms. The molecule has 0 amide bonds. The molecule has 1 rings (SSSR count). The Morgan fingerprint density at radius 3 is 1.96 bits per heavy atom. The molecule has 1 aliphatic rings. The Kier molecular flexibility index (Phi) is 9.72. The van der Waals surface area contributed by atoms with Crippen LogP contribution < -0.4 is 0 Å². The van der Waals surface area contributed by atoms with E-state index in [0.29, 0.717) is 24.5 Å². The molecule has 1 unspecified atom stereocenters. The summed E-state index contributed by atoms with van der Waals surface area (Å²) in [6, 6.07) is 0. The van der Waals surface area contributed by atoms with Crippen LogP contribution in [-0.4, -0.2) is 35.1 Å². The first-order chi connectivity index (χ1) is 11.0. The van der Waals surface area contributed by atoms with Crippen molar-refractivity contribution >= 4 is 0 Å². The first-order valence-electron chi connectivity index (χ1n) is 9.79. The molecular weight excluding hydrogens is 288 g/mol. The smallest absolute Gasteiger partial charge is 0.0487 e. The molecule has 0 spiro atoms. The van der Waals surface area contributed by atoms with Crippen molar-refractivity contribution < 1.29 is 15.3 Å². The van der Waals surface area contributed by atoms with E-state index < -0.39 is 0 Å². The molecule has 1 fully saturated rings. The summed E-state index contributed by atoms with van der Waals surface area (Å²) in [4.78, 5) is 0. The van der Waals surface area contributed by atoms with E-state index in [1.54, 1.807) is 0 Å². The summed E-state index contributed by atoms with van der Waals surface area (Å²) in [6.07, 6.45) is 14.2. The highest BCUT2D eigenvalue weighted by Crippen LogP contribution is 2.49. The van der Waals surface area contributed by atoms with E-state index in [4.69, 9.17) is 0 Å². The minimum absolute atomic E-state index is 0.0594. The Morgan fingerprint density at radius 1 is 0.870 bits per heavy atom. The van der Waals surface area contributed by atoms with Crippen molar-refractivity contribution in [3.05, 3.63) is 0 Å². The average molecular weight is 329 g/mol. The van der Waals surface area contributed by atoms with E-state index in [9.17, 15) is 15.3 Å². The van der Waals surface area contributed by atoms with Crippen molar-refractivity contribution in [2.45, 2.75) is 90.9 Å². The first kappa shape index (κ1) is 20.9. The molecule has 0 heterocycles. The number of rotatable bonds is 15. The molecular formula is C20H40O3. The summed E-state index contributed by atoms with van der Waals surface area (Å²) in [5.74, 6) is 0.466. The molecule has 1 saturated carbocycles. The lowest BCUT2D eigenvalue weighted by molar-refractivity contribution is 0.146. The van der Waals surface area contributed by atoms with E-state index in [-0.39, 0.29) is 12.0 Å². The summed E-state index contributed by atoms with van der Waals surface area (Å²) in [7, 11) is 0. The monoisotopic (exact) mass is 328 g/mol.